The van der Waals surface area contributed by atoms with E-state index in [1.54, 1.807) is 7.05 Å². The van der Waals surface area contributed by atoms with Crippen molar-refractivity contribution in [1.82, 2.24) is 15.6 Å². The summed E-state index contributed by atoms with van der Waals surface area (Å²) in [6.45, 7) is 9.58. The van der Waals surface area contributed by atoms with Gasteiger partial charge in [0.15, 0.2) is 5.96 Å². The molecular weight excluding hydrogens is 471 g/mol. The Labute approximate surface area is 183 Å². The number of nitrogens with one attached hydrogen (secondary N) is 2. The number of halogens is 1. The van der Waals surface area contributed by atoms with E-state index in [9.17, 15) is 0 Å². The molecule has 0 saturated heterocycles. The van der Waals surface area contributed by atoms with E-state index in [2.05, 4.69) is 39.7 Å². The van der Waals surface area contributed by atoms with E-state index in [4.69, 9.17) is 13.9 Å². The van der Waals surface area contributed by atoms with Gasteiger partial charge in [-0.3, -0.25) is 4.99 Å². The molecule has 0 aliphatic carbocycles. The van der Waals surface area contributed by atoms with Crippen LogP contribution in [-0.4, -0.2) is 30.7 Å². The monoisotopic (exact) mass is 500 g/mol. The summed E-state index contributed by atoms with van der Waals surface area (Å²) in [6, 6.07) is 4.15. The lowest BCUT2D eigenvalue weighted by Crippen LogP contribution is -2.36. The molecule has 1 aliphatic heterocycles. The zero-order valence-electron chi connectivity index (χ0n) is 17.1. The molecule has 2 heterocycles. The van der Waals surface area contributed by atoms with Crippen LogP contribution < -0.4 is 20.1 Å². The summed E-state index contributed by atoms with van der Waals surface area (Å²) >= 11 is 0. The third kappa shape index (κ3) is 5.30. The number of fused-ring (bicyclic) bond motifs is 1. The number of hydrogen-bond donors (Lipinski definition) is 2. The third-order valence-electron chi connectivity index (χ3n) is 4.53. The zero-order valence-corrected chi connectivity index (χ0v) is 19.4. The summed E-state index contributed by atoms with van der Waals surface area (Å²) in [5.41, 5.74) is 3.14. The Morgan fingerprint density at radius 1 is 1.29 bits per heavy atom. The maximum absolute atomic E-state index is 5.88. The Hall–Kier alpha value is -1.97. The van der Waals surface area contributed by atoms with Crippen molar-refractivity contribution in [3.63, 3.8) is 0 Å². The number of aryl methyl sites for hydroxylation is 2. The lowest BCUT2D eigenvalue weighted by molar-refractivity contribution is 0.254. The SMILES string of the molecule is CCOc1cc2c(cc1CNC(=NC)NCc1nc(C)c(C)o1)OC(C)C2.I. The van der Waals surface area contributed by atoms with Crippen molar-refractivity contribution in [3.05, 3.63) is 40.6 Å². The molecule has 1 aromatic heterocycles. The number of benzene rings is 1. The first-order chi connectivity index (χ1) is 13.0. The first-order valence-electron chi connectivity index (χ1n) is 9.32. The van der Waals surface area contributed by atoms with Crippen molar-refractivity contribution >= 4 is 29.9 Å². The molecule has 154 valence electrons. The standard InChI is InChI=1S/C20H28N4O3.HI/c1-6-25-17-8-15-7-12(2)26-18(15)9-16(17)10-22-20(21-5)23-11-19-24-13(3)14(4)27-19;/h8-9,12H,6-7,10-11H2,1-5H3,(H2,21,22,23);1H. The number of rotatable bonds is 6. The highest BCUT2D eigenvalue weighted by atomic mass is 127. The lowest BCUT2D eigenvalue weighted by atomic mass is 10.1. The molecule has 1 atom stereocenters. The van der Waals surface area contributed by atoms with Crippen molar-refractivity contribution < 1.29 is 13.9 Å². The van der Waals surface area contributed by atoms with Crippen LogP contribution in [0.1, 0.15) is 42.3 Å². The number of nitrogens with zero attached hydrogens (tertiary/aromatic N) is 2. The van der Waals surface area contributed by atoms with Crippen molar-refractivity contribution in [1.29, 1.82) is 0 Å². The maximum atomic E-state index is 5.88. The summed E-state index contributed by atoms with van der Waals surface area (Å²) in [5.74, 6) is 3.97. The van der Waals surface area contributed by atoms with Crippen LogP contribution in [0, 0.1) is 13.8 Å². The Morgan fingerprint density at radius 3 is 2.68 bits per heavy atom. The van der Waals surface area contributed by atoms with E-state index in [0.717, 1.165) is 34.9 Å². The topological polar surface area (TPSA) is 80.9 Å². The Kier molecular flexibility index (Phi) is 7.97. The molecule has 1 unspecified atom stereocenters. The van der Waals surface area contributed by atoms with Crippen LogP contribution in [0.25, 0.3) is 0 Å². The third-order valence-corrected chi connectivity index (χ3v) is 4.53. The van der Waals surface area contributed by atoms with E-state index in [1.807, 2.05) is 20.8 Å². The number of guanidine groups is 1. The molecule has 1 aromatic carbocycles. The quantitative estimate of drug-likeness (QED) is 0.359. The van der Waals surface area contributed by atoms with Gasteiger partial charge in [0, 0.05) is 31.1 Å². The van der Waals surface area contributed by atoms with E-state index >= 15 is 0 Å². The van der Waals surface area contributed by atoms with Crippen molar-refractivity contribution in [2.24, 2.45) is 4.99 Å². The fourth-order valence-electron chi connectivity index (χ4n) is 3.08. The second-order valence-electron chi connectivity index (χ2n) is 6.66. The second-order valence-corrected chi connectivity index (χ2v) is 6.66. The predicted octanol–water partition coefficient (Wildman–Crippen LogP) is 3.50. The van der Waals surface area contributed by atoms with E-state index in [-0.39, 0.29) is 30.1 Å². The molecule has 3 rings (SSSR count). The van der Waals surface area contributed by atoms with Crippen LogP contribution in [0.5, 0.6) is 11.5 Å². The molecule has 2 N–H and O–H groups in total. The Balaban J connectivity index is 0.00000280. The number of aliphatic imine (C=N–C) groups is 1. The number of ether oxygens (including phenoxy) is 2. The van der Waals surface area contributed by atoms with Gasteiger partial charge in [-0.25, -0.2) is 4.98 Å². The second kappa shape index (κ2) is 9.99. The van der Waals surface area contributed by atoms with E-state index in [1.165, 1.54) is 5.56 Å². The van der Waals surface area contributed by atoms with Crippen molar-refractivity contribution in [2.45, 2.75) is 53.3 Å². The van der Waals surface area contributed by atoms with Crippen LogP contribution >= 0.6 is 24.0 Å². The van der Waals surface area contributed by atoms with Crippen LogP contribution in [0.15, 0.2) is 21.5 Å². The molecular formula is C20H29IN4O3. The summed E-state index contributed by atoms with van der Waals surface area (Å²) in [4.78, 5) is 8.63. The minimum absolute atomic E-state index is 0. The van der Waals surface area contributed by atoms with Gasteiger partial charge < -0.3 is 24.5 Å². The summed E-state index contributed by atoms with van der Waals surface area (Å²) in [6.07, 6.45) is 1.13. The van der Waals surface area contributed by atoms with Crippen LogP contribution in [0.4, 0.5) is 0 Å². The fourth-order valence-corrected chi connectivity index (χ4v) is 3.08. The van der Waals surface area contributed by atoms with Gasteiger partial charge in [-0.05, 0) is 39.8 Å². The van der Waals surface area contributed by atoms with E-state index < -0.39 is 0 Å². The molecule has 8 heteroatoms. The average molecular weight is 500 g/mol. The highest BCUT2D eigenvalue weighted by molar-refractivity contribution is 14.0. The van der Waals surface area contributed by atoms with Crippen molar-refractivity contribution in [2.75, 3.05) is 13.7 Å². The largest absolute Gasteiger partial charge is 0.494 e. The fraction of sp³-hybridized carbons (Fsp3) is 0.500. The number of oxazole rings is 1. The molecule has 0 fully saturated rings. The minimum atomic E-state index is 0. The highest BCUT2D eigenvalue weighted by Gasteiger charge is 2.22. The molecule has 0 radical (unpaired) electrons. The molecule has 1 aliphatic rings. The molecule has 28 heavy (non-hydrogen) atoms. The predicted molar refractivity (Wildman–Crippen MR) is 120 cm³/mol. The first-order valence-corrected chi connectivity index (χ1v) is 9.32. The summed E-state index contributed by atoms with van der Waals surface area (Å²) in [5, 5.41) is 6.53. The summed E-state index contributed by atoms with van der Waals surface area (Å²) in [7, 11) is 1.73. The molecule has 0 amide bonds. The molecule has 2 aromatic rings. The number of hydrogen-bond acceptors (Lipinski definition) is 5. The first kappa shape index (κ1) is 22.3. The molecule has 0 saturated carbocycles. The Bertz CT molecular complexity index is 816. The van der Waals surface area contributed by atoms with Gasteiger partial charge in [-0.1, -0.05) is 0 Å². The van der Waals surface area contributed by atoms with Gasteiger partial charge in [0.1, 0.15) is 23.4 Å². The van der Waals surface area contributed by atoms with Gasteiger partial charge >= 0.3 is 0 Å². The molecule has 7 nitrogen and oxygen atoms in total. The summed E-state index contributed by atoms with van der Waals surface area (Å²) < 4.78 is 17.3. The number of aromatic nitrogens is 1. The van der Waals surface area contributed by atoms with Crippen LogP contribution in [-0.2, 0) is 19.5 Å². The zero-order chi connectivity index (χ0) is 19.4. The van der Waals surface area contributed by atoms with Gasteiger partial charge in [0.25, 0.3) is 0 Å². The van der Waals surface area contributed by atoms with Gasteiger partial charge in [0.05, 0.1) is 18.8 Å². The van der Waals surface area contributed by atoms with Gasteiger partial charge in [0.2, 0.25) is 5.89 Å². The minimum Gasteiger partial charge on any atom is -0.494 e. The smallest absolute Gasteiger partial charge is 0.214 e. The maximum Gasteiger partial charge on any atom is 0.214 e. The normalized spacial score (nSPS) is 15.5. The van der Waals surface area contributed by atoms with Crippen molar-refractivity contribution in [3.8, 4) is 11.5 Å². The van der Waals surface area contributed by atoms with Gasteiger partial charge in [-0.2, -0.15) is 0 Å². The van der Waals surface area contributed by atoms with Gasteiger partial charge in [-0.15, -0.1) is 24.0 Å². The molecule has 0 spiro atoms. The van der Waals surface area contributed by atoms with Crippen LogP contribution in [0.3, 0.4) is 0 Å². The lowest BCUT2D eigenvalue weighted by Gasteiger charge is -2.15. The molecule has 0 bridgehead atoms. The van der Waals surface area contributed by atoms with E-state index in [0.29, 0.717) is 31.5 Å². The average Bonchev–Trinajstić information content (AvgIpc) is 3.15. The highest BCUT2D eigenvalue weighted by Crippen LogP contribution is 2.35. The van der Waals surface area contributed by atoms with Crippen LogP contribution in [0.2, 0.25) is 0 Å². The Morgan fingerprint density at radius 2 is 2.04 bits per heavy atom.